The molecule has 6 heteroatoms. The Bertz CT molecular complexity index is 711. The maximum Gasteiger partial charge on any atom is 0.263 e. The van der Waals surface area contributed by atoms with Crippen LogP contribution in [0.25, 0.3) is 11.1 Å². The first-order chi connectivity index (χ1) is 9.78. The fourth-order valence-corrected chi connectivity index (χ4v) is 3.05. The van der Waals surface area contributed by atoms with Crippen molar-refractivity contribution in [1.29, 1.82) is 0 Å². The smallest absolute Gasteiger partial charge is 0.263 e. The normalized spacial score (nSPS) is 11.1. The van der Waals surface area contributed by atoms with Gasteiger partial charge in [-0.05, 0) is 30.3 Å². The highest BCUT2D eigenvalue weighted by Crippen LogP contribution is 2.33. The Morgan fingerprint density at radius 2 is 2.10 bits per heavy atom. The summed E-state index contributed by atoms with van der Waals surface area (Å²) in [6, 6.07) is 7.67. The fraction of sp³-hybridized carbons (Fsp3) is 0.214. The summed E-state index contributed by atoms with van der Waals surface area (Å²) in [5.41, 5.74) is 2.56. The Labute approximate surface area is 125 Å². The lowest BCUT2D eigenvalue weighted by Crippen LogP contribution is -1.95. The summed E-state index contributed by atoms with van der Waals surface area (Å²) in [5, 5.41) is 1.87. The highest BCUT2D eigenvalue weighted by molar-refractivity contribution is 7.99. The summed E-state index contributed by atoms with van der Waals surface area (Å²) < 4.78 is 5.69. The SMILES string of the molecule is CCCc1c(Cl)ncnc1Sc1nc2ccccc2o1. The van der Waals surface area contributed by atoms with Crippen LogP contribution in [-0.2, 0) is 6.42 Å². The van der Waals surface area contributed by atoms with Crippen molar-refractivity contribution in [3.8, 4) is 0 Å². The highest BCUT2D eigenvalue weighted by Gasteiger charge is 2.14. The molecular weight excluding hydrogens is 294 g/mol. The van der Waals surface area contributed by atoms with E-state index < -0.39 is 0 Å². The van der Waals surface area contributed by atoms with E-state index in [2.05, 4.69) is 21.9 Å². The Balaban J connectivity index is 1.96. The number of nitrogens with zero attached hydrogens (tertiary/aromatic N) is 3. The van der Waals surface area contributed by atoms with Gasteiger partial charge in [0, 0.05) is 5.56 Å². The average Bonchev–Trinajstić information content (AvgIpc) is 2.85. The summed E-state index contributed by atoms with van der Waals surface area (Å²) in [5.74, 6) is 0. The first-order valence-corrected chi connectivity index (χ1v) is 7.50. The molecule has 0 aliphatic heterocycles. The van der Waals surface area contributed by atoms with Crippen LogP contribution in [-0.4, -0.2) is 15.0 Å². The molecule has 2 heterocycles. The molecule has 20 heavy (non-hydrogen) atoms. The second-order valence-corrected chi connectivity index (χ2v) is 5.55. The fourth-order valence-electron chi connectivity index (χ4n) is 1.90. The van der Waals surface area contributed by atoms with Crippen LogP contribution in [0.1, 0.15) is 18.9 Å². The van der Waals surface area contributed by atoms with E-state index in [1.54, 1.807) is 0 Å². The van der Waals surface area contributed by atoms with Crippen molar-refractivity contribution in [3.63, 3.8) is 0 Å². The molecule has 0 radical (unpaired) electrons. The topological polar surface area (TPSA) is 51.8 Å². The molecule has 0 fully saturated rings. The Hall–Kier alpha value is -1.59. The highest BCUT2D eigenvalue weighted by atomic mass is 35.5. The second kappa shape index (κ2) is 5.81. The van der Waals surface area contributed by atoms with Gasteiger partial charge in [-0.2, -0.15) is 0 Å². The van der Waals surface area contributed by atoms with Crippen LogP contribution in [0.2, 0.25) is 5.15 Å². The second-order valence-electron chi connectivity index (χ2n) is 4.25. The minimum Gasteiger partial charge on any atom is -0.431 e. The van der Waals surface area contributed by atoms with Gasteiger partial charge in [0.15, 0.2) is 5.58 Å². The lowest BCUT2D eigenvalue weighted by atomic mass is 10.2. The van der Waals surface area contributed by atoms with Crippen LogP contribution < -0.4 is 0 Å². The Morgan fingerprint density at radius 3 is 2.90 bits per heavy atom. The third kappa shape index (κ3) is 2.64. The summed E-state index contributed by atoms with van der Waals surface area (Å²) in [6.07, 6.45) is 3.28. The molecule has 3 aromatic rings. The van der Waals surface area contributed by atoms with Crippen LogP contribution in [0.15, 0.2) is 45.3 Å². The number of oxazole rings is 1. The molecule has 102 valence electrons. The van der Waals surface area contributed by atoms with E-state index in [0.717, 1.165) is 34.5 Å². The number of para-hydroxylation sites is 2. The molecule has 0 saturated heterocycles. The zero-order valence-corrected chi connectivity index (χ0v) is 12.4. The third-order valence-electron chi connectivity index (χ3n) is 2.81. The van der Waals surface area contributed by atoms with Crippen molar-refractivity contribution >= 4 is 34.5 Å². The van der Waals surface area contributed by atoms with Crippen molar-refractivity contribution in [2.75, 3.05) is 0 Å². The van der Waals surface area contributed by atoms with E-state index >= 15 is 0 Å². The summed E-state index contributed by atoms with van der Waals surface area (Å²) in [6.45, 7) is 2.09. The van der Waals surface area contributed by atoms with Gasteiger partial charge in [-0.1, -0.05) is 37.1 Å². The lowest BCUT2D eigenvalue weighted by Gasteiger charge is -2.05. The van der Waals surface area contributed by atoms with E-state index in [0.29, 0.717) is 10.4 Å². The van der Waals surface area contributed by atoms with Gasteiger partial charge in [-0.25, -0.2) is 15.0 Å². The largest absolute Gasteiger partial charge is 0.431 e. The van der Waals surface area contributed by atoms with E-state index in [4.69, 9.17) is 16.0 Å². The number of hydrogen-bond donors (Lipinski definition) is 0. The molecule has 0 N–H and O–H groups in total. The monoisotopic (exact) mass is 305 g/mol. The van der Waals surface area contributed by atoms with Gasteiger partial charge in [-0.15, -0.1) is 0 Å². The first-order valence-electron chi connectivity index (χ1n) is 6.30. The molecule has 0 unspecified atom stereocenters. The van der Waals surface area contributed by atoms with Crippen LogP contribution in [0.4, 0.5) is 0 Å². The van der Waals surface area contributed by atoms with Gasteiger partial charge in [-0.3, -0.25) is 0 Å². The number of aromatic nitrogens is 3. The zero-order chi connectivity index (χ0) is 13.9. The minimum atomic E-state index is 0.500. The van der Waals surface area contributed by atoms with Crippen molar-refractivity contribution < 1.29 is 4.42 Å². The lowest BCUT2D eigenvalue weighted by molar-refractivity contribution is 0.489. The third-order valence-corrected chi connectivity index (χ3v) is 4.03. The maximum absolute atomic E-state index is 6.14. The number of fused-ring (bicyclic) bond motifs is 1. The zero-order valence-electron chi connectivity index (χ0n) is 10.8. The van der Waals surface area contributed by atoms with Gasteiger partial charge < -0.3 is 4.42 Å². The standard InChI is InChI=1S/C14H12ClN3OS/c1-2-5-9-12(15)16-8-17-13(9)20-14-18-10-6-3-4-7-11(10)19-14/h3-4,6-8H,2,5H2,1H3. The molecule has 4 nitrogen and oxygen atoms in total. The summed E-state index contributed by atoms with van der Waals surface area (Å²) in [7, 11) is 0. The molecule has 0 atom stereocenters. The van der Waals surface area contributed by atoms with Gasteiger partial charge in [0.25, 0.3) is 5.22 Å². The maximum atomic E-state index is 6.14. The van der Waals surface area contributed by atoms with E-state index in [1.807, 2.05) is 24.3 Å². The van der Waals surface area contributed by atoms with Crippen LogP contribution in [0.3, 0.4) is 0 Å². The Morgan fingerprint density at radius 1 is 1.25 bits per heavy atom. The van der Waals surface area contributed by atoms with E-state index in [1.165, 1.54) is 18.1 Å². The number of rotatable bonds is 4. The summed E-state index contributed by atoms with van der Waals surface area (Å²) >= 11 is 7.52. The molecule has 0 saturated carbocycles. The minimum absolute atomic E-state index is 0.500. The van der Waals surface area contributed by atoms with Crippen molar-refractivity contribution in [2.45, 2.75) is 30.0 Å². The molecule has 0 aliphatic carbocycles. The van der Waals surface area contributed by atoms with Crippen LogP contribution in [0, 0.1) is 0 Å². The first kappa shape index (κ1) is 13.4. The molecule has 0 amide bonds. The number of halogens is 1. The average molecular weight is 306 g/mol. The predicted molar refractivity (Wildman–Crippen MR) is 79.2 cm³/mol. The molecule has 3 rings (SSSR count). The molecular formula is C14H12ClN3OS. The number of hydrogen-bond acceptors (Lipinski definition) is 5. The van der Waals surface area contributed by atoms with Gasteiger partial charge >= 0.3 is 0 Å². The predicted octanol–water partition coefficient (Wildman–Crippen LogP) is 4.37. The van der Waals surface area contributed by atoms with Gasteiger partial charge in [0.1, 0.15) is 22.0 Å². The van der Waals surface area contributed by atoms with Crippen molar-refractivity contribution in [2.24, 2.45) is 0 Å². The van der Waals surface area contributed by atoms with Crippen LogP contribution >= 0.6 is 23.4 Å². The quantitative estimate of drug-likeness (QED) is 0.670. The number of benzene rings is 1. The van der Waals surface area contributed by atoms with Crippen molar-refractivity contribution in [1.82, 2.24) is 15.0 Å². The molecule has 0 spiro atoms. The van der Waals surface area contributed by atoms with Gasteiger partial charge in [0.05, 0.1) is 0 Å². The van der Waals surface area contributed by atoms with E-state index in [9.17, 15) is 0 Å². The molecule has 0 bridgehead atoms. The molecule has 1 aromatic carbocycles. The van der Waals surface area contributed by atoms with Crippen molar-refractivity contribution in [3.05, 3.63) is 41.3 Å². The molecule has 2 aromatic heterocycles. The summed E-state index contributed by atoms with van der Waals surface area (Å²) in [4.78, 5) is 12.8. The molecule has 0 aliphatic rings. The van der Waals surface area contributed by atoms with Crippen LogP contribution in [0.5, 0.6) is 0 Å². The van der Waals surface area contributed by atoms with Gasteiger partial charge in [0.2, 0.25) is 0 Å². The Kier molecular flexibility index (Phi) is 3.89. The van der Waals surface area contributed by atoms with E-state index in [-0.39, 0.29) is 0 Å².